The third kappa shape index (κ3) is 3.49. The molecule has 1 amide bonds. The zero-order valence-corrected chi connectivity index (χ0v) is 17.2. The number of amides is 1. The summed E-state index contributed by atoms with van der Waals surface area (Å²) in [5, 5.41) is 11.2. The first-order chi connectivity index (χ1) is 15.3. The average Bonchev–Trinajstić information content (AvgIpc) is 3.04. The van der Waals surface area contributed by atoms with E-state index >= 15 is 0 Å². The van der Waals surface area contributed by atoms with E-state index in [9.17, 15) is 23.5 Å². The van der Waals surface area contributed by atoms with E-state index in [0.29, 0.717) is 11.6 Å². The third-order valence-electron chi connectivity index (χ3n) is 5.22. The molecule has 0 spiro atoms. The number of rotatable bonds is 4. The van der Waals surface area contributed by atoms with Gasteiger partial charge in [-0.15, -0.1) is 0 Å². The molecule has 1 atom stereocenters. The molecular weight excluding hydrogens is 418 g/mol. The van der Waals surface area contributed by atoms with Crippen molar-refractivity contribution in [3.05, 3.63) is 94.8 Å². The zero-order chi connectivity index (χ0) is 23.0. The Hall–Kier alpha value is -4.07. The van der Waals surface area contributed by atoms with Gasteiger partial charge in [0.1, 0.15) is 23.1 Å². The smallest absolute Gasteiger partial charge is 0.300 e. The average molecular weight is 436 g/mol. The Morgan fingerprint density at radius 1 is 1.12 bits per heavy atom. The lowest BCUT2D eigenvalue weighted by Gasteiger charge is -2.25. The molecule has 162 valence electrons. The van der Waals surface area contributed by atoms with Gasteiger partial charge in [-0.1, -0.05) is 17.7 Å². The first-order valence-electron chi connectivity index (χ1n) is 9.64. The first kappa shape index (κ1) is 21.2. The number of Topliss-reactive ketones (excluding diaryl/α,β-unsaturated/α-hetero) is 1. The topological polar surface area (TPSA) is 79.7 Å². The molecule has 8 heteroatoms. The van der Waals surface area contributed by atoms with Crippen molar-refractivity contribution >= 4 is 23.1 Å². The van der Waals surface area contributed by atoms with Crippen LogP contribution < -0.4 is 9.64 Å². The van der Waals surface area contributed by atoms with E-state index in [1.807, 2.05) is 0 Å². The molecule has 1 fully saturated rings. The van der Waals surface area contributed by atoms with Crippen LogP contribution in [0, 0.1) is 18.6 Å². The number of carbonyl (C=O) groups excluding carboxylic acids is 2. The number of aliphatic hydroxyl groups is 1. The van der Waals surface area contributed by atoms with Gasteiger partial charge in [0.15, 0.2) is 0 Å². The first-order valence-corrected chi connectivity index (χ1v) is 9.64. The zero-order valence-electron chi connectivity index (χ0n) is 17.2. The Labute approximate surface area is 182 Å². The minimum atomic E-state index is -1.19. The number of halogens is 2. The highest BCUT2D eigenvalue weighted by molar-refractivity contribution is 6.51. The fourth-order valence-electron chi connectivity index (χ4n) is 3.76. The van der Waals surface area contributed by atoms with Gasteiger partial charge in [0.05, 0.1) is 30.0 Å². The van der Waals surface area contributed by atoms with Crippen molar-refractivity contribution in [3.8, 4) is 5.75 Å². The summed E-state index contributed by atoms with van der Waals surface area (Å²) in [6.45, 7) is 1.79. The van der Waals surface area contributed by atoms with Gasteiger partial charge in [-0.3, -0.25) is 19.5 Å². The number of anilines is 1. The highest BCUT2D eigenvalue weighted by Gasteiger charge is 2.48. The van der Waals surface area contributed by atoms with Gasteiger partial charge >= 0.3 is 0 Å². The summed E-state index contributed by atoms with van der Waals surface area (Å²) in [4.78, 5) is 31.0. The van der Waals surface area contributed by atoms with Crippen LogP contribution in [0.1, 0.15) is 22.7 Å². The van der Waals surface area contributed by atoms with Gasteiger partial charge in [0.2, 0.25) is 0 Å². The standard InChI is InChI=1S/C24H18F2N2O4/c1-13-5-8-19(32-2)16(10-13)22(29)20-21(14-4-3-9-27-12-14)28(24(31)23(20)30)18-7-6-15(25)11-17(18)26/h3-12,21,29H,1-2H3/b22-20+. The van der Waals surface area contributed by atoms with Gasteiger partial charge in [-0.05, 0) is 42.8 Å². The normalized spacial score (nSPS) is 17.6. The predicted molar refractivity (Wildman–Crippen MR) is 113 cm³/mol. The summed E-state index contributed by atoms with van der Waals surface area (Å²) in [6.07, 6.45) is 2.91. The van der Waals surface area contributed by atoms with E-state index in [1.54, 1.807) is 37.3 Å². The Morgan fingerprint density at radius 3 is 2.56 bits per heavy atom. The van der Waals surface area contributed by atoms with Crippen molar-refractivity contribution < 1.29 is 28.2 Å². The van der Waals surface area contributed by atoms with Gasteiger partial charge < -0.3 is 9.84 Å². The van der Waals surface area contributed by atoms with E-state index in [4.69, 9.17) is 4.74 Å². The Balaban J connectivity index is 2.00. The lowest BCUT2D eigenvalue weighted by Crippen LogP contribution is -2.30. The van der Waals surface area contributed by atoms with Crippen LogP contribution >= 0.6 is 0 Å². The fraction of sp³-hybridized carbons (Fsp3) is 0.125. The largest absolute Gasteiger partial charge is 0.507 e. The van der Waals surface area contributed by atoms with Gasteiger partial charge in [0.25, 0.3) is 11.7 Å². The van der Waals surface area contributed by atoms with Crippen LogP contribution in [0.25, 0.3) is 5.76 Å². The van der Waals surface area contributed by atoms with Crippen molar-refractivity contribution in [2.24, 2.45) is 0 Å². The predicted octanol–water partition coefficient (Wildman–Crippen LogP) is 4.30. The molecule has 0 radical (unpaired) electrons. The Kier molecular flexibility index (Phi) is 5.44. The maximum absolute atomic E-state index is 14.7. The van der Waals surface area contributed by atoms with Crippen molar-refractivity contribution in [2.75, 3.05) is 12.0 Å². The van der Waals surface area contributed by atoms with Crippen LogP contribution in [0.5, 0.6) is 5.75 Å². The maximum Gasteiger partial charge on any atom is 0.300 e. The SMILES string of the molecule is COc1ccc(C)cc1/C(O)=C1\C(=O)C(=O)N(c2ccc(F)cc2F)C1c1cccnc1. The Bertz CT molecular complexity index is 1260. The number of ketones is 1. The quantitative estimate of drug-likeness (QED) is 0.375. The van der Waals surface area contributed by atoms with Crippen LogP contribution in [-0.2, 0) is 9.59 Å². The summed E-state index contributed by atoms with van der Waals surface area (Å²) < 4.78 is 33.5. The van der Waals surface area contributed by atoms with Crippen LogP contribution in [0.4, 0.5) is 14.5 Å². The van der Waals surface area contributed by atoms with Crippen molar-refractivity contribution in [2.45, 2.75) is 13.0 Å². The molecule has 1 N–H and O–H groups in total. The third-order valence-corrected chi connectivity index (χ3v) is 5.22. The molecule has 1 unspecified atom stereocenters. The molecule has 1 aromatic heterocycles. The lowest BCUT2D eigenvalue weighted by molar-refractivity contribution is -0.132. The van der Waals surface area contributed by atoms with E-state index in [1.165, 1.54) is 19.5 Å². The molecule has 1 saturated heterocycles. The van der Waals surface area contributed by atoms with Crippen molar-refractivity contribution in [3.63, 3.8) is 0 Å². The van der Waals surface area contributed by atoms with Crippen LogP contribution in [-0.4, -0.2) is 28.9 Å². The lowest BCUT2D eigenvalue weighted by atomic mass is 9.95. The highest BCUT2D eigenvalue weighted by Crippen LogP contribution is 2.43. The minimum absolute atomic E-state index is 0.207. The summed E-state index contributed by atoms with van der Waals surface area (Å²) in [5.41, 5.74) is 0.805. The summed E-state index contributed by atoms with van der Waals surface area (Å²) in [7, 11) is 1.41. The molecule has 1 aliphatic rings. The number of nitrogens with zero attached hydrogens (tertiary/aromatic N) is 2. The number of benzene rings is 2. The molecule has 1 aliphatic heterocycles. The number of pyridine rings is 1. The molecule has 4 rings (SSSR count). The number of aliphatic hydroxyl groups excluding tert-OH is 1. The van der Waals surface area contributed by atoms with E-state index in [2.05, 4.69) is 4.98 Å². The van der Waals surface area contributed by atoms with Crippen LogP contribution in [0.15, 0.2) is 66.5 Å². The molecule has 6 nitrogen and oxygen atoms in total. The summed E-state index contributed by atoms with van der Waals surface area (Å²) in [6, 6.07) is 9.68. The molecule has 2 aromatic carbocycles. The van der Waals surface area contributed by atoms with Crippen LogP contribution in [0.2, 0.25) is 0 Å². The number of carbonyl (C=O) groups is 2. The molecule has 0 bridgehead atoms. The monoisotopic (exact) mass is 436 g/mol. The number of hydrogen-bond donors (Lipinski definition) is 1. The van der Waals surface area contributed by atoms with E-state index < -0.39 is 35.1 Å². The molecule has 32 heavy (non-hydrogen) atoms. The highest BCUT2D eigenvalue weighted by atomic mass is 19.1. The van der Waals surface area contributed by atoms with E-state index in [-0.39, 0.29) is 22.6 Å². The molecule has 0 saturated carbocycles. The number of hydrogen-bond acceptors (Lipinski definition) is 5. The minimum Gasteiger partial charge on any atom is -0.507 e. The maximum atomic E-state index is 14.7. The Morgan fingerprint density at radius 2 is 1.91 bits per heavy atom. The number of methoxy groups -OCH3 is 1. The second-order valence-electron chi connectivity index (χ2n) is 7.25. The number of aryl methyl sites for hydroxylation is 1. The molecule has 0 aliphatic carbocycles. The van der Waals surface area contributed by atoms with Crippen molar-refractivity contribution in [1.82, 2.24) is 4.98 Å². The number of aromatic nitrogens is 1. The number of ether oxygens (including phenoxy) is 1. The second kappa shape index (κ2) is 8.22. The van der Waals surface area contributed by atoms with Gasteiger partial charge in [-0.25, -0.2) is 8.78 Å². The fourth-order valence-corrected chi connectivity index (χ4v) is 3.76. The summed E-state index contributed by atoms with van der Waals surface area (Å²) in [5.74, 6) is -4.10. The van der Waals surface area contributed by atoms with Gasteiger partial charge in [-0.2, -0.15) is 0 Å². The summed E-state index contributed by atoms with van der Waals surface area (Å²) >= 11 is 0. The van der Waals surface area contributed by atoms with Gasteiger partial charge in [0, 0.05) is 18.5 Å². The molecular formula is C24H18F2N2O4. The molecule has 3 aromatic rings. The van der Waals surface area contributed by atoms with E-state index in [0.717, 1.165) is 22.6 Å². The second-order valence-corrected chi connectivity index (χ2v) is 7.25. The van der Waals surface area contributed by atoms with Crippen LogP contribution in [0.3, 0.4) is 0 Å². The van der Waals surface area contributed by atoms with Crippen molar-refractivity contribution in [1.29, 1.82) is 0 Å². The molecule has 2 heterocycles.